The number of hydrogen-bond donors (Lipinski definition) is 2. The molecule has 0 heterocycles. The predicted octanol–water partition coefficient (Wildman–Crippen LogP) is 1.59. The molecule has 17 heavy (non-hydrogen) atoms. The zero-order valence-corrected chi connectivity index (χ0v) is 10.1. The first kappa shape index (κ1) is 13.4. The van der Waals surface area contributed by atoms with Gasteiger partial charge in [-0.15, -0.1) is 0 Å². The van der Waals surface area contributed by atoms with Crippen LogP contribution in [0.3, 0.4) is 0 Å². The van der Waals surface area contributed by atoms with Gasteiger partial charge in [-0.1, -0.05) is 0 Å². The van der Waals surface area contributed by atoms with Crippen molar-refractivity contribution in [3.63, 3.8) is 0 Å². The molecule has 0 bridgehead atoms. The molecule has 1 rings (SSSR count). The van der Waals surface area contributed by atoms with E-state index in [4.69, 9.17) is 5.11 Å². The van der Waals surface area contributed by atoms with Crippen LogP contribution in [-0.4, -0.2) is 25.2 Å². The van der Waals surface area contributed by atoms with Crippen LogP contribution < -0.4 is 4.72 Å². The summed E-state index contributed by atoms with van der Waals surface area (Å²) in [5.41, 5.74) is -0.368. The molecule has 0 radical (unpaired) electrons. The maximum absolute atomic E-state index is 13.2. The van der Waals surface area contributed by atoms with Crippen LogP contribution in [0.2, 0.25) is 0 Å². The molecule has 0 unspecified atom stereocenters. The fourth-order valence-electron chi connectivity index (χ4n) is 1.18. The first-order valence-corrected chi connectivity index (χ1v) is 6.46. The Hall–Kier alpha value is -1.63. The lowest BCUT2D eigenvalue weighted by atomic mass is 10.1. The average molecular weight is 261 g/mol. The number of nitrogens with one attached hydrogen (secondary N) is 1. The third kappa shape index (κ3) is 3.16. The van der Waals surface area contributed by atoms with Crippen molar-refractivity contribution < 1.29 is 22.7 Å². The summed E-state index contributed by atoms with van der Waals surface area (Å²) in [4.78, 5) is 10.9. The minimum atomic E-state index is -3.59. The zero-order chi connectivity index (χ0) is 13.2. The van der Waals surface area contributed by atoms with Crippen LogP contribution in [0.15, 0.2) is 12.1 Å². The second kappa shape index (κ2) is 4.70. The molecule has 0 spiro atoms. The van der Waals surface area contributed by atoms with Crippen molar-refractivity contribution in [2.45, 2.75) is 13.8 Å². The van der Waals surface area contributed by atoms with Gasteiger partial charge in [-0.05, 0) is 31.5 Å². The molecule has 0 saturated carbocycles. The number of carboxylic acid groups (broad SMARTS) is 1. The number of hydrogen-bond acceptors (Lipinski definition) is 3. The number of carbonyl (C=O) groups is 1. The first-order chi connectivity index (χ1) is 7.76. The van der Waals surface area contributed by atoms with E-state index in [1.165, 1.54) is 13.8 Å². The van der Waals surface area contributed by atoms with Crippen LogP contribution in [0.5, 0.6) is 0 Å². The molecule has 2 N–H and O–H groups in total. The first-order valence-electron chi connectivity index (χ1n) is 4.80. The molecule has 0 atom stereocenters. The van der Waals surface area contributed by atoms with Gasteiger partial charge in [-0.3, -0.25) is 4.72 Å². The van der Waals surface area contributed by atoms with E-state index in [-0.39, 0.29) is 17.0 Å². The van der Waals surface area contributed by atoms with Gasteiger partial charge in [-0.2, -0.15) is 0 Å². The summed E-state index contributed by atoms with van der Waals surface area (Å²) < 4.78 is 38.0. The molecule has 0 aromatic heterocycles. The monoisotopic (exact) mass is 261 g/mol. The molecule has 5 nitrogen and oxygen atoms in total. The van der Waals surface area contributed by atoms with Crippen molar-refractivity contribution in [3.8, 4) is 0 Å². The van der Waals surface area contributed by atoms with Crippen molar-refractivity contribution in [2.24, 2.45) is 0 Å². The normalized spacial score (nSPS) is 11.2. The summed E-state index contributed by atoms with van der Waals surface area (Å²) in [7, 11) is -3.59. The van der Waals surface area contributed by atoms with E-state index in [2.05, 4.69) is 4.72 Å². The molecular weight excluding hydrogens is 249 g/mol. The highest BCUT2D eigenvalue weighted by Gasteiger charge is 2.17. The lowest BCUT2D eigenvalue weighted by Crippen LogP contribution is -2.17. The fourth-order valence-corrected chi connectivity index (χ4v) is 1.83. The van der Waals surface area contributed by atoms with Crippen LogP contribution in [0, 0.1) is 12.7 Å². The Morgan fingerprint density at radius 2 is 2.06 bits per heavy atom. The molecule has 0 aliphatic heterocycles. The maximum atomic E-state index is 13.2. The quantitative estimate of drug-likeness (QED) is 0.862. The minimum absolute atomic E-state index is 0.127. The Labute approximate surface area is 98.3 Å². The second-order valence-electron chi connectivity index (χ2n) is 3.46. The Kier molecular flexibility index (Phi) is 3.72. The van der Waals surface area contributed by atoms with Crippen molar-refractivity contribution in [2.75, 3.05) is 10.5 Å². The van der Waals surface area contributed by atoms with Crippen LogP contribution in [0.1, 0.15) is 22.8 Å². The standard InChI is InChI=1S/C10H12FNO4S/c1-3-17(15,16)12-9-4-6(2)8(11)5-7(9)10(13)14/h4-5,12H,3H2,1-2H3,(H,13,14). The highest BCUT2D eigenvalue weighted by atomic mass is 32.2. The number of halogens is 1. The third-order valence-electron chi connectivity index (χ3n) is 2.17. The van der Waals surface area contributed by atoms with Gasteiger partial charge in [0, 0.05) is 0 Å². The van der Waals surface area contributed by atoms with Crippen LogP contribution in [0.25, 0.3) is 0 Å². The molecule has 0 aliphatic rings. The van der Waals surface area contributed by atoms with E-state index in [0.717, 1.165) is 12.1 Å². The van der Waals surface area contributed by atoms with E-state index in [0.29, 0.717) is 0 Å². The largest absolute Gasteiger partial charge is 0.478 e. The lowest BCUT2D eigenvalue weighted by Gasteiger charge is -2.10. The summed E-state index contributed by atoms with van der Waals surface area (Å²) >= 11 is 0. The van der Waals surface area contributed by atoms with Crippen molar-refractivity contribution >= 4 is 21.7 Å². The second-order valence-corrected chi connectivity index (χ2v) is 5.47. The highest BCUT2D eigenvalue weighted by Crippen LogP contribution is 2.21. The molecule has 1 aromatic carbocycles. The number of anilines is 1. The Balaban J connectivity index is 3.32. The molecular formula is C10H12FNO4S. The lowest BCUT2D eigenvalue weighted by molar-refractivity contribution is 0.0697. The number of sulfonamides is 1. The molecule has 0 saturated heterocycles. The van der Waals surface area contributed by atoms with E-state index in [9.17, 15) is 17.6 Å². The van der Waals surface area contributed by atoms with Gasteiger partial charge in [0.05, 0.1) is 17.0 Å². The third-order valence-corrected chi connectivity index (χ3v) is 3.47. The van der Waals surface area contributed by atoms with Crippen molar-refractivity contribution in [3.05, 3.63) is 29.1 Å². The Morgan fingerprint density at radius 3 is 2.53 bits per heavy atom. The van der Waals surface area contributed by atoms with E-state index in [1.54, 1.807) is 0 Å². The van der Waals surface area contributed by atoms with Crippen molar-refractivity contribution in [1.82, 2.24) is 0 Å². The number of benzene rings is 1. The number of carboxylic acids is 1. The van der Waals surface area contributed by atoms with E-state index in [1.807, 2.05) is 0 Å². The topological polar surface area (TPSA) is 83.5 Å². The van der Waals surface area contributed by atoms with Gasteiger partial charge in [0.25, 0.3) is 0 Å². The molecule has 0 amide bonds. The molecule has 0 fully saturated rings. The van der Waals surface area contributed by atoms with Gasteiger partial charge in [0.15, 0.2) is 0 Å². The van der Waals surface area contributed by atoms with Gasteiger partial charge in [-0.25, -0.2) is 17.6 Å². The summed E-state index contributed by atoms with van der Waals surface area (Å²) in [6.45, 7) is 2.84. The minimum Gasteiger partial charge on any atom is -0.478 e. The fraction of sp³-hybridized carbons (Fsp3) is 0.300. The molecule has 7 heteroatoms. The number of rotatable bonds is 4. The van der Waals surface area contributed by atoms with Gasteiger partial charge < -0.3 is 5.11 Å². The van der Waals surface area contributed by atoms with Crippen LogP contribution >= 0.6 is 0 Å². The van der Waals surface area contributed by atoms with Gasteiger partial charge in [0.1, 0.15) is 5.82 Å². The predicted molar refractivity (Wildman–Crippen MR) is 61.2 cm³/mol. The summed E-state index contributed by atoms with van der Waals surface area (Å²) in [5, 5.41) is 8.85. The van der Waals surface area contributed by atoms with E-state index >= 15 is 0 Å². The summed E-state index contributed by atoms with van der Waals surface area (Å²) in [6, 6.07) is 1.96. The van der Waals surface area contributed by atoms with Gasteiger partial charge in [0.2, 0.25) is 10.0 Å². The maximum Gasteiger partial charge on any atom is 0.337 e. The smallest absolute Gasteiger partial charge is 0.337 e. The van der Waals surface area contributed by atoms with E-state index < -0.39 is 27.4 Å². The summed E-state index contributed by atoms with van der Waals surface area (Å²) in [6.07, 6.45) is 0. The Bertz CT molecular complexity index is 554. The molecule has 94 valence electrons. The van der Waals surface area contributed by atoms with Crippen LogP contribution in [0.4, 0.5) is 10.1 Å². The highest BCUT2D eigenvalue weighted by molar-refractivity contribution is 7.92. The number of aryl methyl sites for hydroxylation is 1. The number of aromatic carboxylic acids is 1. The zero-order valence-electron chi connectivity index (χ0n) is 9.32. The SMILES string of the molecule is CCS(=O)(=O)Nc1cc(C)c(F)cc1C(=O)O. The molecule has 1 aromatic rings. The van der Waals surface area contributed by atoms with Gasteiger partial charge >= 0.3 is 5.97 Å². The van der Waals surface area contributed by atoms with Crippen molar-refractivity contribution in [1.29, 1.82) is 0 Å². The molecule has 0 aliphatic carbocycles. The van der Waals surface area contributed by atoms with Crippen LogP contribution in [-0.2, 0) is 10.0 Å². The summed E-state index contributed by atoms with van der Waals surface area (Å²) in [5.74, 6) is -2.28. The average Bonchev–Trinajstić information content (AvgIpc) is 2.22. The Morgan fingerprint density at radius 1 is 1.47 bits per heavy atom.